The van der Waals surface area contributed by atoms with Gasteiger partial charge in [-0.05, 0) is 19.3 Å². The molecule has 1 aliphatic rings. The van der Waals surface area contributed by atoms with Gasteiger partial charge in [-0.2, -0.15) is 0 Å². The van der Waals surface area contributed by atoms with Gasteiger partial charge >= 0.3 is 5.97 Å². The van der Waals surface area contributed by atoms with Crippen molar-refractivity contribution >= 4 is 17.7 Å². The van der Waals surface area contributed by atoms with Gasteiger partial charge in [-0.1, -0.05) is 0 Å². The lowest BCUT2D eigenvalue weighted by atomic mass is 10.0. The number of carbonyl (C=O) groups excluding carboxylic acids is 3. The lowest BCUT2D eigenvalue weighted by Gasteiger charge is -2.32. The predicted octanol–water partition coefficient (Wildman–Crippen LogP) is -0.898. The highest BCUT2D eigenvalue weighted by atomic mass is 16.5. The van der Waals surface area contributed by atoms with E-state index in [0.29, 0.717) is 13.0 Å². The number of Topliss-reactive ketones (excluding diaryl/α,β-unsaturated/α-hetero) is 1. The second-order valence-corrected chi connectivity index (χ2v) is 3.61. The van der Waals surface area contributed by atoms with Gasteiger partial charge in [0.05, 0.1) is 7.11 Å². The fourth-order valence-electron chi connectivity index (χ4n) is 1.78. The molecule has 0 aromatic rings. The van der Waals surface area contributed by atoms with Crippen LogP contribution >= 0.6 is 0 Å². The Bertz CT molecular complexity index is 302. The van der Waals surface area contributed by atoms with Crippen LogP contribution in [-0.2, 0) is 19.1 Å². The SMILES string of the molecule is COC(=O)[C@@H]1CCCCN1C(=O)C(=O)CO. The van der Waals surface area contributed by atoms with Gasteiger partial charge < -0.3 is 14.7 Å². The van der Waals surface area contributed by atoms with Gasteiger partial charge in [0.2, 0.25) is 5.78 Å². The fraction of sp³-hybridized carbons (Fsp3) is 0.700. The van der Waals surface area contributed by atoms with Gasteiger partial charge in [0.15, 0.2) is 0 Å². The number of methoxy groups -OCH3 is 1. The first kappa shape index (κ1) is 12.6. The number of rotatable bonds is 3. The van der Waals surface area contributed by atoms with Crippen LogP contribution in [0.15, 0.2) is 0 Å². The van der Waals surface area contributed by atoms with E-state index in [1.807, 2.05) is 0 Å². The minimum Gasteiger partial charge on any atom is -0.467 e. The minimum atomic E-state index is -0.893. The molecule has 6 nitrogen and oxygen atoms in total. The van der Waals surface area contributed by atoms with Crippen LogP contribution in [0.2, 0.25) is 0 Å². The molecule has 0 aromatic carbocycles. The number of aliphatic hydroxyl groups excluding tert-OH is 1. The van der Waals surface area contributed by atoms with Crippen molar-refractivity contribution in [1.29, 1.82) is 0 Å². The molecule has 0 radical (unpaired) electrons. The summed E-state index contributed by atoms with van der Waals surface area (Å²) in [5.74, 6) is -2.22. The topological polar surface area (TPSA) is 83.9 Å². The van der Waals surface area contributed by atoms with Gasteiger partial charge in [0, 0.05) is 6.54 Å². The molecule has 0 unspecified atom stereocenters. The highest BCUT2D eigenvalue weighted by Crippen LogP contribution is 2.18. The zero-order valence-electron chi connectivity index (χ0n) is 9.14. The number of hydrogen-bond donors (Lipinski definition) is 1. The van der Waals surface area contributed by atoms with Gasteiger partial charge in [-0.25, -0.2) is 4.79 Å². The number of hydrogen-bond acceptors (Lipinski definition) is 5. The van der Waals surface area contributed by atoms with E-state index in [-0.39, 0.29) is 0 Å². The summed E-state index contributed by atoms with van der Waals surface area (Å²) >= 11 is 0. The molecule has 6 heteroatoms. The molecular weight excluding hydrogens is 214 g/mol. The number of amides is 1. The molecule has 0 saturated carbocycles. The van der Waals surface area contributed by atoms with Gasteiger partial charge in [0.1, 0.15) is 12.6 Å². The third kappa shape index (κ3) is 2.57. The fourth-order valence-corrected chi connectivity index (χ4v) is 1.78. The van der Waals surface area contributed by atoms with Crippen LogP contribution in [0.3, 0.4) is 0 Å². The molecule has 1 rings (SSSR count). The second-order valence-electron chi connectivity index (χ2n) is 3.61. The minimum absolute atomic E-state index is 0.352. The zero-order valence-corrected chi connectivity index (χ0v) is 9.14. The van der Waals surface area contributed by atoms with E-state index >= 15 is 0 Å². The van der Waals surface area contributed by atoms with E-state index in [1.54, 1.807) is 0 Å². The van der Waals surface area contributed by atoms with E-state index in [9.17, 15) is 14.4 Å². The molecule has 1 N–H and O–H groups in total. The molecule has 1 atom stereocenters. The van der Waals surface area contributed by atoms with Crippen LogP contribution in [0.25, 0.3) is 0 Å². The number of ether oxygens (including phenoxy) is 1. The van der Waals surface area contributed by atoms with Crippen LogP contribution in [0.1, 0.15) is 19.3 Å². The van der Waals surface area contributed by atoms with Crippen molar-refractivity contribution in [1.82, 2.24) is 4.90 Å². The summed E-state index contributed by atoms with van der Waals surface area (Å²) in [5, 5.41) is 8.60. The van der Waals surface area contributed by atoms with Crippen LogP contribution in [0.5, 0.6) is 0 Å². The van der Waals surface area contributed by atoms with E-state index in [0.717, 1.165) is 12.8 Å². The summed E-state index contributed by atoms with van der Waals surface area (Å²) < 4.78 is 4.58. The lowest BCUT2D eigenvalue weighted by Crippen LogP contribution is -2.51. The Morgan fingerprint density at radius 3 is 2.62 bits per heavy atom. The number of esters is 1. The summed E-state index contributed by atoms with van der Waals surface area (Å²) in [7, 11) is 1.24. The summed E-state index contributed by atoms with van der Waals surface area (Å²) in [4.78, 5) is 35.2. The van der Waals surface area contributed by atoms with Crippen molar-refractivity contribution in [2.75, 3.05) is 20.3 Å². The first-order valence-electron chi connectivity index (χ1n) is 5.14. The average Bonchev–Trinajstić information content (AvgIpc) is 2.35. The normalized spacial score (nSPS) is 20.4. The molecule has 1 aliphatic heterocycles. The first-order chi connectivity index (χ1) is 7.61. The predicted molar refractivity (Wildman–Crippen MR) is 53.5 cm³/mol. The molecule has 1 saturated heterocycles. The van der Waals surface area contributed by atoms with Crippen molar-refractivity contribution < 1.29 is 24.2 Å². The van der Waals surface area contributed by atoms with Crippen molar-refractivity contribution in [3.05, 3.63) is 0 Å². The van der Waals surface area contributed by atoms with Crippen LogP contribution in [-0.4, -0.2) is 54.0 Å². The van der Waals surface area contributed by atoms with Gasteiger partial charge in [-0.3, -0.25) is 9.59 Å². The number of nitrogens with zero attached hydrogens (tertiary/aromatic N) is 1. The number of likely N-dealkylation sites (tertiary alicyclic amines) is 1. The Balaban J connectivity index is 2.77. The molecule has 90 valence electrons. The second kappa shape index (κ2) is 5.60. The molecule has 1 heterocycles. The average molecular weight is 229 g/mol. The molecule has 0 aromatic heterocycles. The Kier molecular flexibility index (Phi) is 4.42. The highest BCUT2D eigenvalue weighted by Gasteiger charge is 2.35. The summed E-state index contributed by atoms with van der Waals surface area (Å²) in [6.45, 7) is -0.479. The highest BCUT2D eigenvalue weighted by molar-refractivity contribution is 6.36. The summed E-state index contributed by atoms with van der Waals surface area (Å²) in [6, 6.07) is -0.693. The monoisotopic (exact) mass is 229 g/mol. The van der Waals surface area contributed by atoms with Gasteiger partial charge in [-0.15, -0.1) is 0 Å². The largest absolute Gasteiger partial charge is 0.467 e. The van der Waals surface area contributed by atoms with Crippen LogP contribution < -0.4 is 0 Å². The maximum absolute atomic E-state index is 11.6. The Hall–Kier alpha value is -1.43. The lowest BCUT2D eigenvalue weighted by molar-refractivity contribution is -0.158. The Labute approximate surface area is 93.2 Å². The maximum atomic E-state index is 11.6. The number of ketones is 1. The van der Waals surface area contributed by atoms with E-state index < -0.39 is 30.3 Å². The molecule has 0 bridgehead atoms. The molecule has 1 amide bonds. The number of piperidine rings is 1. The summed E-state index contributed by atoms with van der Waals surface area (Å²) in [5.41, 5.74) is 0. The number of aliphatic hydroxyl groups is 1. The van der Waals surface area contributed by atoms with E-state index in [1.165, 1.54) is 12.0 Å². The van der Waals surface area contributed by atoms with Crippen molar-refractivity contribution in [3.8, 4) is 0 Å². The molecule has 0 spiro atoms. The first-order valence-corrected chi connectivity index (χ1v) is 5.14. The zero-order chi connectivity index (χ0) is 12.1. The Morgan fingerprint density at radius 1 is 1.38 bits per heavy atom. The van der Waals surface area contributed by atoms with Crippen molar-refractivity contribution in [3.63, 3.8) is 0 Å². The van der Waals surface area contributed by atoms with Crippen molar-refractivity contribution in [2.24, 2.45) is 0 Å². The van der Waals surface area contributed by atoms with E-state index in [4.69, 9.17) is 5.11 Å². The molecule has 1 fully saturated rings. The standard InChI is InChI=1S/C10H15NO5/c1-16-10(15)7-4-2-3-5-11(7)9(14)8(13)6-12/h7,12H,2-6H2,1H3/t7-/m0/s1. The smallest absolute Gasteiger partial charge is 0.328 e. The van der Waals surface area contributed by atoms with Gasteiger partial charge in [0.25, 0.3) is 5.91 Å². The maximum Gasteiger partial charge on any atom is 0.328 e. The number of carbonyl (C=O) groups is 3. The third-order valence-electron chi connectivity index (χ3n) is 2.62. The quantitative estimate of drug-likeness (QED) is 0.501. The molecule has 0 aliphatic carbocycles. The van der Waals surface area contributed by atoms with E-state index in [2.05, 4.69) is 4.74 Å². The summed E-state index contributed by atoms with van der Waals surface area (Å²) in [6.07, 6.45) is 2.06. The molecular formula is C10H15NO5. The Morgan fingerprint density at radius 2 is 2.06 bits per heavy atom. The van der Waals surface area contributed by atoms with Crippen LogP contribution in [0.4, 0.5) is 0 Å². The molecule has 16 heavy (non-hydrogen) atoms. The van der Waals surface area contributed by atoms with Crippen LogP contribution in [0, 0.1) is 0 Å². The van der Waals surface area contributed by atoms with Crippen molar-refractivity contribution in [2.45, 2.75) is 25.3 Å². The third-order valence-corrected chi connectivity index (χ3v) is 2.62.